The summed E-state index contributed by atoms with van der Waals surface area (Å²) < 4.78 is 11.6. The summed E-state index contributed by atoms with van der Waals surface area (Å²) in [5, 5.41) is 4.33. The number of nitrogens with zero attached hydrogens (tertiary/aromatic N) is 3. The van der Waals surface area contributed by atoms with E-state index in [-0.39, 0.29) is 17.6 Å². The summed E-state index contributed by atoms with van der Waals surface area (Å²) in [6.45, 7) is 2.71. The van der Waals surface area contributed by atoms with Crippen LogP contribution < -0.4 is 10.5 Å². The first-order chi connectivity index (χ1) is 13.9. The fourth-order valence-electron chi connectivity index (χ4n) is 3.35. The maximum Gasteiger partial charge on any atom is 0.302 e. The van der Waals surface area contributed by atoms with E-state index in [1.807, 2.05) is 0 Å². The lowest BCUT2D eigenvalue weighted by molar-refractivity contribution is -0.141. The number of hydrogen-bond donors (Lipinski definition) is 1. The minimum atomic E-state index is -0.656. The standard InChI is InChI=1S/C20H24N4O5/c1-13(25)29-12-4-3-10-23-11-9-16-17(19(21)26)22-24(18(16)20(23)27)14-5-7-15(28-2)8-6-14/h5-8H,3-4,9-12H2,1-2H3,(H2,21,26). The molecule has 9 nitrogen and oxygen atoms in total. The van der Waals surface area contributed by atoms with Crippen LogP contribution in [0.5, 0.6) is 5.75 Å². The van der Waals surface area contributed by atoms with E-state index in [4.69, 9.17) is 15.2 Å². The maximum atomic E-state index is 13.1. The number of hydrogen-bond acceptors (Lipinski definition) is 6. The van der Waals surface area contributed by atoms with Crippen LogP contribution in [0.4, 0.5) is 0 Å². The molecular weight excluding hydrogens is 376 g/mol. The molecule has 154 valence electrons. The second kappa shape index (κ2) is 8.76. The van der Waals surface area contributed by atoms with Crippen LogP contribution in [-0.4, -0.2) is 59.3 Å². The first-order valence-electron chi connectivity index (χ1n) is 9.41. The number of ether oxygens (including phenoxy) is 2. The Kier molecular flexibility index (Phi) is 6.16. The number of benzene rings is 1. The molecule has 0 radical (unpaired) electrons. The van der Waals surface area contributed by atoms with Crippen molar-refractivity contribution in [3.8, 4) is 11.4 Å². The van der Waals surface area contributed by atoms with Crippen molar-refractivity contribution in [1.82, 2.24) is 14.7 Å². The highest BCUT2D eigenvalue weighted by molar-refractivity contribution is 6.01. The molecule has 2 N–H and O–H groups in total. The van der Waals surface area contributed by atoms with E-state index in [0.29, 0.717) is 61.7 Å². The van der Waals surface area contributed by atoms with Crippen LogP contribution in [0.2, 0.25) is 0 Å². The smallest absolute Gasteiger partial charge is 0.302 e. The van der Waals surface area contributed by atoms with Gasteiger partial charge in [-0.25, -0.2) is 4.68 Å². The lowest BCUT2D eigenvalue weighted by atomic mass is 10.0. The van der Waals surface area contributed by atoms with Crippen molar-refractivity contribution in [3.05, 3.63) is 41.2 Å². The molecule has 0 spiro atoms. The van der Waals surface area contributed by atoms with Crippen LogP contribution >= 0.6 is 0 Å². The number of esters is 1. The molecule has 0 atom stereocenters. The third-order valence-corrected chi connectivity index (χ3v) is 4.78. The van der Waals surface area contributed by atoms with Crippen LogP contribution in [0, 0.1) is 0 Å². The summed E-state index contributed by atoms with van der Waals surface area (Å²) in [6.07, 6.45) is 1.87. The number of nitrogens with two attached hydrogens (primary N) is 1. The number of carbonyl (C=O) groups is 3. The minimum absolute atomic E-state index is 0.124. The number of unbranched alkanes of at least 4 members (excludes halogenated alkanes) is 1. The fourth-order valence-corrected chi connectivity index (χ4v) is 3.35. The highest BCUT2D eigenvalue weighted by Gasteiger charge is 2.33. The van der Waals surface area contributed by atoms with Gasteiger partial charge < -0.3 is 20.1 Å². The van der Waals surface area contributed by atoms with Gasteiger partial charge in [0.15, 0.2) is 5.69 Å². The molecule has 1 aromatic heterocycles. The van der Waals surface area contributed by atoms with Crippen molar-refractivity contribution in [3.63, 3.8) is 0 Å². The monoisotopic (exact) mass is 400 g/mol. The number of carbonyl (C=O) groups excluding carboxylic acids is 3. The summed E-state index contributed by atoms with van der Waals surface area (Å²) in [4.78, 5) is 37.6. The van der Waals surface area contributed by atoms with E-state index in [9.17, 15) is 14.4 Å². The molecule has 29 heavy (non-hydrogen) atoms. The molecule has 3 rings (SSSR count). The summed E-state index contributed by atoms with van der Waals surface area (Å²) in [7, 11) is 1.57. The van der Waals surface area contributed by atoms with Crippen molar-refractivity contribution >= 4 is 17.8 Å². The van der Waals surface area contributed by atoms with Gasteiger partial charge in [0, 0.05) is 25.6 Å². The van der Waals surface area contributed by atoms with Crippen molar-refractivity contribution in [1.29, 1.82) is 0 Å². The van der Waals surface area contributed by atoms with Crippen LogP contribution in [0.15, 0.2) is 24.3 Å². The normalized spacial score (nSPS) is 13.2. The zero-order chi connectivity index (χ0) is 21.0. The molecule has 1 aliphatic heterocycles. The Hall–Kier alpha value is -3.36. The Morgan fingerprint density at radius 2 is 1.93 bits per heavy atom. The molecule has 0 bridgehead atoms. The van der Waals surface area contributed by atoms with Gasteiger partial charge in [-0.1, -0.05) is 0 Å². The van der Waals surface area contributed by atoms with Crippen molar-refractivity contribution in [2.24, 2.45) is 5.73 Å². The van der Waals surface area contributed by atoms with E-state index in [2.05, 4.69) is 5.10 Å². The van der Waals surface area contributed by atoms with E-state index >= 15 is 0 Å². The first kappa shape index (κ1) is 20.4. The molecule has 2 heterocycles. The molecule has 0 fully saturated rings. The Bertz CT molecular complexity index is 920. The van der Waals surface area contributed by atoms with Crippen LogP contribution in [-0.2, 0) is 16.0 Å². The molecule has 1 aromatic carbocycles. The Morgan fingerprint density at radius 3 is 2.55 bits per heavy atom. The van der Waals surface area contributed by atoms with E-state index in [1.165, 1.54) is 11.6 Å². The van der Waals surface area contributed by atoms with Crippen LogP contribution in [0.1, 0.15) is 46.3 Å². The van der Waals surface area contributed by atoms with Gasteiger partial charge in [0.1, 0.15) is 11.4 Å². The van der Waals surface area contributed by atoms with E-state index in [0.717, 1.165) is 0 Å². The zero-order valence-corrected chi connectivity index (χ0v) is 16.5. The van der Waals surface area contributed by atoms with Gasteiger partial charge in [0.2, 0.25) is 0 Å². The molecule has 0 unspecified atom stereocenters. The summed E-state index contributed by atoms with van der Waals surface area (Å²) in [5.74, 6) is -0.498. The minimum Gasteiger partial charge on any atom is -0.497 e. The van der Waals surface area contributed by atoms with Gasteiger partial charge in [-0.05, 0) is 43.5 Å². The molecule has 0 saturated heterocycles. The van der Waals surface area contributed by atoms with Gasteiger partial charge in [0.25, 0.3) is 11.8 Å². The first-order valence-corrected chi connectivity index (χ1v) is 9.41. The molecule has 9 heteroatoms. The summed E-state index contributed by atoms with van der Waals surface area (Å²) >= 11 is 0. The van der Waals surface area contributed by atoms with Gasteiger partial charge in [-0.2, -0.15) is 5.10 Å². The number of fused-ring (bicyclic) bond motifs is 1. The quantitative estimate of drug-likeness (QED) is 0.528. The van der Waals surface area contributed by atoms with Gasteiger partial charge >= 0.3 is 5.97 Å². The highest BCUT2D eigenvalue weighted by atomic mass is 16.5. The number of primary amides is 1. The topological polar surface area (TPSA) is 117 Å². The molecule has 2 amide bonds. The summed E-state index contributed by atoms with van der Waals surface area (Å²) in [6, 6.07) is 7.05. The predicted molar refractivity (Wildman–Crippen MR) is 104 cm³/mol. The number of methoxy groups -OCH3 is 1. The van der Waals surface area contributed by atoms with Crippen molar-refractivity contribution in [2.45, 2.75) is 26.2 Å². The second-order valence-corrected chi connectivity index (χ2v) is 6.74. The number of aromatic nitrogens is 2. The number of rotatable bonds is 8. The predicted octanol–water partition coefficient (Wildman–Crippen LogP) is 1.32. The maximum absolute atomic E-state index is 13.1. The molecule has 0 aliphatic carbocycles. The van der Waals surface area contributed by atoms with Gasteiger partial charge in [0.05, 0.1) is 19.4 Å². The Morgan fingerprint density at radius 1 is 1.21 bits per heavy atom. The molecule has 2 aromatic rings. The summed E-state index contributed by atoms with van der Waals surface area (Å²) in [5.41, 5.74) is 7.19. The van der Waals surface area contributed by atoms with E-state index in [1.54, 1.807) is 36.3 Å². The van der Waals surface area contributed by atoms with Gasteiger partial charge in [-0.15, -0.1) is 0 Å². The molecule has 1 aliphatic rings. The Balaban J connectivity index is 1.83. The van der Waals surface area contributed by atoms with Crippen molar-refractivity contribution in [2.75, 3.05) is 26.8 Å². The SMILES string of the molecule is COc1ccc(-n2nc(C(N)=O)c3c2C(=O)N(CCCCOC(C)=O)CC3)cc1. The van der Waals surface area contributed by atoms with Crippen LogP contribution in [0.3, 0.4) is 0 Å². The largest absolute Gasteiger partial charge is 0.497 e. The number of amides is 2. The third kappa shape index (κ3) is 4.39. The Labute approximate surface area is 168 Å². The average molecular weight is 400 g/mol. The lowest BCUT2D eigenvalue weighted by Crippen LogP contribution is -2.39. The lowest BCUT2D eigenvalue weighted by Gasteiger charge is -2.27. The zero-order valence-electron chi connectivity index (χ0n) is 16.5. The highest BCUT2D eigenvalue weighted by Crippen LogP contribution is 2.26. The molecule has 0 saturated carbocycles. The van der Waals surface area contributed by atoms with Crippen molar-refractivity contribution < 1.29 is 23.9 Å². The van der Waals surface area contributed by atoms with Crippen LogP contribution in [0.25, 0.3) is 5.69 Å². The average Bonchev–Trinajstić information content (AvgIpc) is 3.10. The molecular formula is C20H24N4O5. The fraction of sp³-hybridized carbons (Fsp3) is 0.400. The van der Waals surface area contributed by atoms with Gasteiger partial charge in [-0.3, -0.25) is 14.4 Å². The second-order valence-electron chi connectivity index (χ2n) is 6.74. The third-order valence-electron chi connectivity index (χ3n) is 4.78. The van der Waals surface area contributed by atoms with E-state index < -0.39 is 5.91 Å².